The van der Waals surface area contributed by atoms with Crippen LogP contribution >= 0.6 is 11.3 Å². The fourth-order valence-electron chi connectivity index (χ4n) is 3.44. The van der Waals surface area contributed by atoms with Gasteiger partial charge in [0, 0.05) is 12.1 Å². The molecule has 1 amide bonds. The zero-order valence-corrected chi connectivity index (χ0v) is 23.0. The Morgan fingerprint density at radius 1 is 1.00 bits per heavy atom. The van der Waals surface area contributed by atoms with Crippen LogP contribution in [-0.4, -0.2) is 48.1 Å². The van der Waals surface area contributed by atoms with Gasteiger partial charge in [-0.05, 0) is 47.5 Å². The lowest BCUT2D eigenvalue weighted by Crippen LogP contribution is -2.34. The molecule has 3 aromatic carbocycles. The van der Waals surface area contributed by atoms with Gasteiger partial charge < -0.3 is 16.2 Å². The van der Waals surface area contributed by atoms with Crippen molar-refractivity contribution in [3.05, 3.63) is 94.5 Å². The first-order valence-corrected chi connectivity index (χ1v) is 14.4. The number of fused-ring (bicyclic) bond motifs is 1. The Kier molecular flexibility index (Phi) is 9.97. The molecule has 0 radical (unpaired) electrons. The predicted octanol–water partition coefficient (Wildman–Crippen LogP) is 4.54. The summed E-state index contributed by atoms with van der Waals surface area (Å²) in [6, 6.07) is 19.3. The van der Waals surface area contributed by atoms with Crippen molar-refractivity contribution in [3.63, 3.8) is 0 Å². The van der Waals surface area contributed by atoms with E-state index < -0.39 is 33.9 Å². The lowest BCUT2D eigenvalue weighted by Gasteiger charge is -2.18. The molecule has 14 heteroatoms. The number of amides is 1. The maximum absolute atomic E-state index is 13.5. The number of aliphatic carboxylic acids is 1. The van der Waals surface area contributed by atoms with Crippen molar-refractivity contribution < 1.29 is 41.1 Å². The van der Waals surface area contributed by atoms with Crippen LogP contribution in [0.4, 0.5) is 13.2 Å². The van der Waals surface area contributed by atoms with Gasteiger partial charge >= 0.3 is 12.1 Å². The first kappa shape index (κ1) is 31.4. The van der Waals surface area contributed by atoms with Crippen LogP contribution in [0.15, 0.2) is 77.7 Å². The highest BCUT2D eigenvalue weighted by Crippen LogP contribution is 2.27. The second-order valence-corrected chi connectivity index (χ2v) is 11.7. The molecular weight excluding hydrogens is 583 g/mol. The molecule has 4 N–H and O–H groups in total. The Labute approximate surface area is 236 Å². The highest BCUT2D eigenvalue weighted by atomic mass is 32.2. The van der Waals surface area contributed by atoms with Crippen molar-refractivity contribution in [3.8, 4) is 0 Å². The highest BCUT2D eigenvalue weighted by molar-refractivity contribution is 7.91. The summed E-state index contributed by atoms with van der Waals surface area (Å²) in [5.74, 6) is -3.62. The zero-order valence-electron chi connectivity index (χ0n) is 21.4. The van der Waals surface area contributed by atoms with Crippen molar-refractivity contribution in [1.82, 2.24) is 10.3 Å². The largest absolute Gasteiger partial charge is 0.490 e. The van der Waals surface area contributed by atoms with Gasteiger partial charge in [0.05, 0.1) is 20.9 Å². The van der Waals surface area contributed by atoms with Gasteiger partial charge in [-0.1, -0.05) is 43.3 Å². The van der Waals surface area contributed by atoms with E-state index in [-0.39, 0.29) is 22.0 Å². The average Bonchev–Trinajstić information content (AvgIpc) is 3.40. The number of nitrogens with zero attached hydrogens (tertiary/aromatic N) is 1. The molecule has 0 aliphatic carbocycles. The number of rotatable bonds is 8. The quantitative estimate of drug-likeness (QED) is 0.247. The average molecular weight is 608 g/mol. The number of hydrogen-bond donors (Lipinski definition) is 3. The molecule has 0 spiro atoms. The normalized spacial score (nSPS) is 12.2. The minimum atomic E-state index is -5.08. The molecule has 1 aromatic heterocycles. The third-order valence-corrected chi connectivity index (χ3v) is 8.49. The fourth-order valence-corrected chi connectivity index (χ4v) is 5.26. The summed E-state index contributed by atoms with van der Waals surface area (Å²) in [7, 11) is -3.38. The van der Waals surface area contributed by atoms with Crippen LogP contribution in [0.3, 0.4) is 0 Å². The van der Waals surface area contributed by atoms with E-state index in [0.717, 1.165) is 10.3 Å². The summed E-state index contributed by atoms with van der Waals surface area (Å²) < 4.78 is 56.7. The maximum Gasteiger partial charge on any atom is 0.490 e. The lowest BCUT2D eigenvalue weighted by atomic mass is 10.0. The van der Waals surface area contributed by atoms with E-state index >= 15 is 0 Å². The first-order chi connectivity index (χ1) is 19.3. The highest BCUT2D eigenvalue weighted by Gasteiger charge is 2.38. The first-order valence-electron chi connectivity index (χ1n) is 11.9. The molecule has 0 fully saturated rings. The molecule has 4 aromatic rings. The van der Waals surface area contributed by atoms with Gasteiger partial charge in [0.1, 0.15) is 6.04 Å². The van der Waals surface area contributed by atoms with Crippen LogP contribution in [0.1, 0.15) is 44.3 Å². The summed E-state index contributed by atoms with van der Waals surface area (Å²) in [5.41, 5.74) is 8.15. The molecule has 0 saturated carbocycles. The van der Waals surface area contributed by atoms with Gasteiger partial charge in [-0.3, -0.25) is 9.59 Å². The number of carboxylic acid groups (broad SMARTS) is 1. The molecule has 1 unspecified atom stereocenters. The second kappa shape index (κ2) is 13.0. The number of alkyl halides is 3. The zero-order chi connectivity index (χ0) is 30.4. The molecule has 4 rings (SSSR count). The molecular formula is C27H24F3N3O6S2. The van der Waals surface area contributed by atoms with Crippen LogP contribution in [-0.2, 0) is 21.2 Å². The number of sulfone groups is 1. The molecule has 0 aliphatic rings. The fraction of sp³-hybridized carbons (Fsp3) is 0.185. The van der Waals surface area contributed by atoms with Crippen LogP contribution in [0.2, 0.25) is 0 Å². The van der Waals surface area contributed by atoms with Crippen molar-refractivity contribution in [1.29, 1.82) is 0 Å². The number of benzene rings is 3. The smallest absolute Gasteiger partial charge is 0.475 e. The third-order valence-electron chi connectivity index (χ3n) is 5.69. The lowest BCUT2D eigenvalue weighted by molar-refractivity contribution is -0.192. The second-order valence-electron chi connectivity index (χ2n) is 8.43. The summed E-state index contributed by atoms with van der Waals surface area (Å²) in [4.78, 5) is 40.0. The summed E-state index contributed by atoms with van der Waals surface area (Å²) in [6.45, 7) is 1.92. The van der Waals surface area contributed by atoms with Gasteiger partial charge in [-0.2, -0.15) is 13.2 Å². The van der Waals surface area contributed by atoms with E-state index in [2.05, 4.69) is 10.3 Å². The number of thiazole rings is 1. The number of hydrogen-bond acceptors (Lipinski definition) is 8. The number of carboxylic acids is 1. The van der Waals surface area contributed by atoms with Gasteiger partial charge in [0.25, 0.3) is 5.91 Å². The van der Waals surface area contributed by atoms with E-state index in [9.17, 15) is 31.2 Å². The SMILES string of the molecule is CCS(=O)(=O)c1ccc(C(=O)NC(C(=O)c2nc3ccccc3s2)c2ccc(CN)cc2)cc1.O=C(O)C(F)(F)F. The number of halogens is 3. The predicted molar refractivity (Wildman–Crippen MR) is 146 cm³/mol. The van der Waals surface area contributed by atoms with E-state index in [4.69, 9.17) is 15.6 Å². The summed E-state index contributed by atoms with van der Waals surface area (Å²) in [5, 5.41) is 10.2. The van der Waals surface area contributed by atoms with Crippen molar-refractivity contribution in [2.75, 3.05) is 5.75 Å². The van der Waals surface area contributed by atoms with Gasteiger partial charge in [0.15, 0.2) is 14.8 Å². The minimum Gasteiger partial charge on any atom is -0.475 e. The molecule has 0 bridgehead atoms. The molecule has 0 aliphatic heterocycles. The monoisotopic (exact) mass is 607 g/mol. The summed E-state index contributed by atoms with van der Waals surface area (Å²) in [6.07, 6.45) is -5.08. The van der Waals surface area contributed by atoms with Crippen LogP contribution in [0.5, 0.6) is 0 Å². The minimum absolute atomic E-state index is 0.0317. The molecule has 216 valence electrons. The Morgan fingerprint density at radius 3 is 2.10 bits per heavy atom. The molecule has 9 nitrogen and oxygen atoms in total. The van der Waals surface area contributed by atoms with Gasteiger partial charge in [-0.15, -0.1) is 11.3 Å². The van der Waals surface area contributed by atoms with Gasteiger partial charge in [-0.25, -0.2) is 18.2 Å². The maximum atomic E-state index is 13.5. The summed E-state index contributed by atoms with van der Waals surface area (Å²) >= 11 is 1.27. The van der Waals surface area contributed by atoms with Crippen LogP contribution in [0, 0.1) is 0 Å². The van der Waals surface area contributed by atoms with E-state index in [1.54, 1.807) is 19.1 Å². The molecule has 0 saturated heterocycles. The molecule has 1 heterocycles. The van der Waals surface area contributed by atoms with Crippen LogP contribution < -0.4 is 11.1 Å². The number of ketones is 1. The third kappa shape index (κ3) is 7.96. The number of nitrogens with one attached hydrogen (secondary N) is 1. The Balaban J connectivity index is 0.000000587. The Bertz CT molecular complexity index is 1620. The molecule has 41 heavy (non-hydrogen) atoms. The van der Waals surface area contributed by atoms with Crippen molar-refractivity contribution >= 4 is 49.1 Å². The van der Waals surface area contributed by atoms with E-state index in [0.29, 0.717) is 22.6 Å². The Morgan fingerprint density at radius 2 is 1.59 bits per heavy atom. The number of carbonyl (C=O) groups excluding carboxylic acids is 2. The van der Waals surface area contributed by atoms with Crippen molar-refractivity contribution in [2.24, 2.45) is 5.73 Å². The topological polar surface area (TPSA) is 157 Å². The molecule has 1 atom stereocenters. The van der Waals surface area contributed by atoms with E-state index in [1.807, 2.05) is 36.4 Å². The van der Waals surface area contributed by atoms with E-state index in [1.165, 1.54) is 35.6 Å². The van der Waals surface area contributed by atoms with Gasteiger partial charge in [0.2, 0.25) is 5.78 Å². The number of aromatic nitrogens is 1. The number of carbonyl (C=O) groups is 3. The number of nitrogens with two attached hydrogens (primary N) is 1. The standard InChI is InChI=1S/C25H23N3O4S2.C2HF3O2/c1-2-34(31,32)19-13-11-18(12-14-19)24(30)28-22(17-9-7-16(15-26)8-10-17)23(29)25-27-20-5-3-4-6-21(20)33-25;3-2(4,5)1(6)7/h3-14,22H,2,15,26H2,1H3,(H,28,30);(H,6,7). The van der Waals surface area contributed by atoms with Crippen LogP contribution in [0.25, 0.3) is 10.2 Å². The van der Waals surface area contributed by atoms with Crippen molar-refractivity contribution in [2.45, 2.75) is 30.6 Å². The number of Topliss-reactive ketones (excluding diaryl/α,β-unsaturated/α-hetero) is 1. The Hall–Kier alpha value is -4.14. The number of para-hydroxylation sites is 1.